The molecule has 29 heavy (non-hydrogen) atoms. The van der Waals surface area contributed by atoms with Crippen LogP contribution < -0.4 is 9.64 Å². The zero-order valence-electron chi connectivity index (χ0n) is 16.0. The van der Waals surface area contributed by atoms with Crippen LogP contribution in [0, 0.1) is 0 Å². The summed E-state index contributed by atoms with van der Waals surface area (Å²) >= 11 is 0. The number of amides is 2. The Balaban J connectivity index is 1.84. The first kappa shape index (κ1) is 20.3. The number of nitrogens with zero attached hydrogens (tertiary/aromatic N) is 1. The third-order valence-corrected chi connectivity index (χ3v) is 4.44. The number of hydrogen-bond donors (Lipinski definition) is 1. The third-order valence-electron chi connectivity index (χ3n) is 4.44. The second-order valence-electron chi connectivity index (χ2n) is 6.46. The highest BCUT2D eigenvalue weighted by Crippen LogP contribution is 2.31. The molecule has 2 aromatic rings. The fraction of sp³-hybridized carbons (Fsp3) is 0.227. The van der Waals surface area contributed by atoms with E-state index in [9.17, 15) is 19.5 Å². The van der Waals surface area contributed by atoms with Gasteiger partial charge < -0.3 is 14.6 Å². The summed E-state index contributed by atoms with van der Waals surface area (Å²) in [6.07, 6.45) is 1.30. The number of carbonyl (C=O) groups is 3. The molecular formula is C22H21NO6. The van der Waals surface area contributed by atoms with Crippen LogP contribution in [-0.4, -0.2) is 42.2 Å². The number of ether oxygens (including phenoxy) is 2. The van der Waals surface area contributed by atoms with Crippen molar-refractivity contribution in [2.75, 3.05) is 18.1 Å². The van der Waals surface area contributed by atoms with E-state index in [0.29, 0.717) is 24.5 Å². The smallest absolute Gasteiger partial charge is 0.338 e. The molecule has 1 aliphatic rings. The number of esters is 1. The van der Waals surface area contributed by atoms with Gasteiger partial charge in [-0.1, -0.05) is 25.6 Å². The molecule has 0 saturated carbocycles. The Bertz CT molecular complexity index is 968. The van der Waals surface area contributed by atoms with Gasteiger partial charge in [-0.25, -0.2) is 9.69 Å². The van der Waals surface area contributed by atoms with Gasteiger partial charge in [-0.2, -0.15) is 0 Å². The molecular weight excluding hydrogens is 374 g/mol. The van der Waals surface area contributed by atoms with Gasteiger partial charge in [0.15, 0.2) is 0 Å². The minimum atomic E-state index is -0.748. The van der Waals surface area contributed by atoms with Gasteiger partial charge in [0.1, 0.15) is 19.0 Å². The summed E-state index contributed by atoms with van der Waals surface area (Å²) in [5.74, 6) is -1.18. The van der Waals surface area contributed by atoms with Crippen LogP contribution in [0.3, 0.4) is 0 Å². The molecule has 2 aromatic carbocycles. The van der Waals surface area contributed by atoms with Crippen LogP contribution in [0.25, 0.3) is 0 Å². The summed E-state index contributed by atoms with van der Waals surface area (Å²) in [5.41, 5.74) is 0.835. The number of aliphatic hydroxyl groups is 1. The maximum absolute atomic E-state index is 12.9. The Kier molecular flexibility index (Phi) is 6.09. The summed E-state index contributed by atoms with van der Waals surface area (Å²) < 4.78 is 10.5. The molecule has 0 spiro atoms. The van der Waals surface area contributed by atoms with Crippen LogP contribution in [0.2, 0.25) is 0 Å². The fourth-order valence-corrected chi connectivity index (χ4v) is 2.84. The molecule has 1 heterocycles. The highest BCUT2D eigenvalue weighted by Gasteiger charge is 2.37. The Hall–Kier alpha value is -3.45. The zero-order chi connectivity index (χ0) is 21.0. The second kappa shape index (κ2) is 8.70. The molecule has 0 aromatic heterocycles. The number of rotatable bonds is 8. The predicted molar refractivity (Wildman–Crippen MR) is 106 cm³/mol. The Morgan fingerprint density at radius 3 is 2.66 bits per heavy atom. The third kappa shape index (κ3) is 4.20. The summed E-state index contributed by atoms with van der Waals surface area (Å²) in [7, 11) is 0. The molecule has 7 nitrogen and oxygen atoms in total. The van der Waals surface area contributed by atoms with E-state index in [0.717, 1.165) is 4.90 Å². The molecule has 0 radical (unpaired) electrons. The van der Waals surface area contributed by atoms with Crippen LogP contribution in [0.1, 0.15) is 44.4 Å². The van der Waals surface area contributed by atoms with Gasteiger partial charge in [0.25, 0.3) is 11.8 Å². The van der Waals surface area contributed by atoms with Crippen molar-refractivity contribution in [1.29, 1.82) is 0 Å². The SMILES string of the molecule is C=CCOc1cccc(N2C(=O)c3ccc(C(=O)OCC(O)CC)cc3C2=O)c1. The zero-order valence-corrected chi connectivity index (χ0v) is 16.0. The predicted octanol–water partition coefficient (Wildman–Crippen LogP) is 2.98. The lowest BCUT2D eigenvalue weighted by Gasteiger charge is -2.15. The van der Waals surface area contributed by atoms with E-state index in [1.165, 1.54) is 18.2 Å². The molecule has 3 rings (SSSR count). The Morgan fingerprint density at radius 2 is 1.93 bits per heavy atom. The quantitative estimate of drug-likeness (QED) is 0.420. The fourth-order valence-electron chi connectivity index (χ4n) is 2.84. The van der Waals surface area contributed by atoms with Crippen molar-refractivity contribution >= 4 is 23.5 Å². The highest BCUT2D eigenvalue weighted by molar-refractivity contribution is 6.34. The van der Waals surface area contributed by atoms with Crippen molar-refractivity contribution in [3.05, 3.63) is 71.8 Å². The number of anilines is 1. The average molecular weight is 395 g/mol. The number of fused-ring (bicyclic) bond motifs is 1. The lowest BCUT2D eigenvalue weighted by atomic mass is 10.1. The van der Waals surface area contributed by atoms with Gasteiger partial charge in [0, 0.05) is 6.07 Å². The van der Waals surface area contributed by atoms with E-state index in [1.807, 2.05) is 0 Å². The monoisotopic (exact) mass is 395 g/mol. The highest BCUT2D eigenvalue weighted by atomic mass is 16.5. The van der Waals surface area contributed by atoms with Crippen molar-refractivity contribution in [2.24, 2.45) is 0 Å². The van der Waals surface area contributed by atoms with Crippen LogP contribution in [0.5, 0.6) is 5.75 Å². The van der Waals surface area contributed by atoms with Crippen LogP contribution >= 0.6 is 0 Å². The maximum Gasteiger partial charge on any atom is 0.338 e. The molecule has 7 heteroatoms. The molecule has 150 valence electrons. The lowest BCUT2D eigenvalue weighted by molar-refractivity contribution is 0.0250. The van der Waals surface area contributed by atoms with E-state index in [1.54, 1.807) is 37.3 Å². The van der Waals surface area contributed by atoms with Crippen molar-refractivity contribution in [2.45, 2.75) is 19.4 Å². The summed E-state index contributed by atoms with van der Waals surface area (Å²) in [6.45, 7) is 5.51. The molecule has 0 fully saturated rings. The average Bonchev–Trinajstić information content (AvgIpc) is 3.00. The number of carbonyl (C=O) groups excluding carboxylic acids is 3. The Morgan fingerprint density at radius 1 is 1.17 bits per heavy atom. The van der Waals surface area contributed by atoms with Gasteiger partial charge >= 0.3 is 5.97 Å². The molecule has 1 atom stereocenters. The molecule has 2 amide bonds. The van der Waals surface area contributed by atoms with Gasteiger partial charge in [0.05, 0.1) is 28.5 Å². The first-order valence-electron chi connectivity index (χ1n) is 9.18. The van der Waals surface area contributed by atoms with Gasteiger partial charge in [-0.15, -0.1) is 0 Å². The standard InChI is InChI=1S/C22H21NO6/c1-3-10-28-17-7-5-6-15(12-17)23-20(25)18-9-8-14(11-19(18)21(23)26)22(27)29-13-16(24)4-2/h3,5-9,11-12,16,24H,1,4,10,13H2,2H3. The van der Waals surface area contributed by atoms with Crippen molar-refractivity contribution < 1.29 is 29.0 Å². The van der Waals surface area contributed by atoms with Crippen LogP contribution in [0.15, 0.2) is 55.1 Å². The van der Waals surface area contributed by atoms with Gasteiger partial charge in [0.2, 0.25) is 0 Å². The van der Waals surface area contributed by atoms with Crippen LogP contribution in [0.4, 0.5) is 5.69 Å². The largest absolute Gasteiger partial charge is 0.489 e. The lowest BCUT2D eigenvalue weighted by Crippen LogP contribution is -2.29. The van der Waals surface area contributed by atoms with Gasteiger partial charge in [-0.05, 0) is 36.8 Å². The van der Waals surface area contributed by atoms with Crippen molar-refractivity contribution in [3.63, 3.8) is 0 Å². The topological polar surface area (TPSA) is 93.1 Å². The summed E-state index contributed by atoms with van der Waals surface area (Å²) in [4.78, 5) is 38.9. The summed E-state index contributed by atoms with van der Waals surface area (Å²) in [6, 6.07) is 10.8. The number of hydrogen-bond acceptors (Lipinski definition) is 6. The maximum atomic E-state index is 12.9. The molecule has 0 aliphatic carbocycles. The van der Waals surface area contributed by atoms with E-state index in [-0.39, 0.29) is 23.3 Å². The van der Waals surface area contributed by atoms with Gasteiger partial charge in [-0.3, -0.25) is 9.59 Å². The number of aliphatic hydroxyl groups excluding tert-OH is 1. The van der Waals surface area contributed by atoms with Crippen LogP contribution in [-0.2, 0) is 4.74 Å². The van der Waals surface area contributed by atoms with E-state index in [2.05, 4.69) is 6.58 Å². The van der Waals surface area contributed by atoms with E-state index < -0.39 is 23.9 Å². The second-order valence-corrected chi connectivity index (χ2v) is 6.46. The van der Waals surface area contributed by atoms with E-state index in [4.69, 9.17) is 9.47 Å². The molecule has 0 saturated heterocycles. The molecule has 0 bridgehead atoms. The molecule has 1 unspecified atom stereocenters. The number of imide groups is 1. The van der Waals surface area contributed by atoms with E-state index >= 15 is 0 Å². The number of benzene rings is 2. The first-order valence-corrected chi connectivity index (χ1v) is 9.18. The summed E-state index contributed by atoms with van der Waals surface area (Å²) in [5, 5.41) is 9.52. The first-order chi connectivity index (χ1) is 14.0. The minimum absolute atomic E-state index is 0.123. The normalized spacial score (nSPS) is 13.8. The minimum Gasteiger partial charge on any atom is -0.489 e. The molecule has 1 N–H and O–H groups in total. The van der Waals surface area contributed by atoms with Crippen molar-refractivity contribution in [3.8, 4) is 5.75 Å². The Labute approximate surface area is 168 Å². The molecule has 1 aliphatic heterocycles. The van der Waals surface area contributed by atoms with Crippen molar-refractivity contribution in [1.82, 2.24) is 0 Å².